The number of halogens is 1. The second-order valence-corrected chi connectivity index (χ2v) is 11.2. The lowest BCUT2D eigenvalue weighted by atomic mass is 10.0. The second-order valence-electron chi connectivity index (χ2n) is 8.37. The number of nitrogens with zero attached hydrogens (tertiary/aromatic N) is 3. The van der Waals surface area contributed by atoms with Gasteiger partial charge >= 0.3 is 0 Å². The molecule has 0 spiro atoms. The molecule has 2 heterocycles. The van der Waals surface area contributed by atoms with Gasteiger partial charge in [-0.2, -0.15) is 9.04 Å². The molecule has 1 saturated heterocycles. The molecule has 3 aromatic carbocycles. The Balaban J connectivity index is 1.26. The van der Waals surface area contributed by atoms with E-state index in [2.05, 4.69) is 15.9 Å². The second kappa shape index (κ2) is 9.41. The van der Waals surface area contributed by atoms with Gasteiger partial charge in [0, 0.05) is 48.3 Å². The maximum Gasteiger partial charge on any atom is 0.253 e. The SMILES string of the molecule is O=C(c1ccc(-c2cc[n+]([O-])cc2)cc1)N1CCN(S(=O)(=O)c2ccc3cc(Br)ccc3c2)CC1. The van der Waals surface area contributed by atoms with Gasteiger partial charge in [0.25, 0.3) is 5.91 Å². The fourth-order valence-electron chi connectivity index (χ4n) is 4.23. The van der Waals surface area contributed by atoms with Crippen LogP contribution in [0.5, 0.6) is 0 Å². The molecule has 178 valence electrons. The van der Waals surface area contributed by atoms with Crippen molar-refractivity contribution in [1.82, 2.24) is 9.21 Å². The molecule has 35 heavy (non-hydrogen) atoms. The third-order valence-electron chi connectivity index (χ3n) is 6.20. The average Bonchev–Trinajstić information content (AvgIpc) is 2.88. The predicted octanol–water partition coefficient (Wildman–Crippen LogP) is 4.05. The van der Waals surface area contributed by atoms with Crippen LogP contribution in [0.25, 0.3) is 21.9 Å². The van der Waals surface area contributed by atoms with E-state index in [-0.39, 0.29) is 23.9 Å². The first-order chi connectivity index (χ1) is 16.8. The molecule has 1 amide bonds. The summed E-state index contributed by atoms with van der Waals surface area (Å²) in [5.74, 6) is -0.129. The molecule has 0 unspecified atom stereocenters. The largest absolute Gasteiger partial charge is 0.619 e. The lowest BCUT2D eigenvalue weighted by Gasteiger charge is -2.34. The highest BCUT2D eigenvalue weighted by molar-refractivity contribution is 9.10. The quantitative estimate of drug-likeness (QED) is 0.283. The van der Waals surface area contributed by atoms with Gasteiger partial charge < -0.3 is 10.1 Å². The van der Waals surface area contributed by atoms with E-state index in [1.165, 1.54) is 16.7 Å². The third kappa shape index (κ3) is 4.80. The lowest BCUT2D eigenvalue weighted by Crippen LogP contribution is -2.50. The van der Waals surface area contributed by atoms with Crippen LogP contribution < -0.4 is 4.73 Å². The topological polar surface area (TPSA) is 84.6 Å². The number of fused-ring (bicyclic) bond motifs is 1. The van der Waals surface area contributed by atoms with Gasteiger partial charge in [-0.3, -0.25) is 4.79 Å². The van der Waals surface area contributed by atoms with Crippen molar-refractivity contribution >= 4 is 42.6 Å². The van der Waals surface area contributed by atoms with E-state index in [0.717, 1.165) is 31.1 Å². The Kier molecular flexibility index (Phi) is 6.31. The fourth-order valence-corrected chi connectivity index (χ4v) is 6.07. The Bertz CT molecular complexity index is 1500. The molecule has 5 rings (SSSR count). The first-order valence-corrected chi connectivity index (χ1v) is 13.3. The normalized spacial score (nSPS) is 14.8. The number of carbonyl (C=O) groups is 1. The molecule has 0 N–H and O–H groups in total. The zero-order valence-electron chi connectivity index (χ0n) is 18.7. The van der Waals surface area contributed by atoms with E-state index in [1.54, 1.807) is 41.3 Å². The van der Waals surface area contributed by atoms with Crippen LogP contribution in [-0.2, 0) is 10.0 Å². The standard InChI is InChI=1S/C26H22BrN3O4S/c27-24-7-5-23-18-25(8-6-22(23)17-24)35(33,34)30-15-13-28(14-16-30)26(31)21-3-1-19(2-4-21)20-9-11-29(32)12-10-20/h1-12,17-18H,13-16H2. The number of amides is 1. The van der Waals surface area contributed by atoms with E-state index < -0.39 is 10.0 Å². The van der Waals surface area contributed by atoms with Crippen molar-refractivity contribution in [2.45, 2.75) is 4.90 Å². The van der Waals surface area contributed by atoms with Gasteiger partial charge in [-0.05, 0) is 58.3 Å². The molecule has 0 bridgehead atoms. The van der Waals surface area contributed by atoms with Crippen molar-refractivity contribution in [2.75, 3.05) is 26.2 Å². The average molecular weight is 552 g/mol. The summed E-state index contributed by atoms with van der Waals surface area (Å²) in [5.41, 5.74) is 2.33. The van der Waals surface area contributed by atoms with Crippen LogP contribution in [-0.4, -0.2) is 49.7 Å². The number of rotatable bonds is 4. The zero-order chi connectivity index (χ0) is 24.6. The van der Waals surface area contributed by atoms with Gasteiger partial charge in [-0.25, -0.2) is 8.42 Å². The minimum Gasteiger partial charge on any atom is -0.619 e. The van der Waals surface area contributed by atoms with E-state index in [4.69, 9.17) is 0 Å². The summed E-state index contributed by atoms with van der Waals surface area (Å²) in [7, 11) is -3.66. The molecule has 4 aromatic rings. The smallest absolute Gasteiger partial charge is 0.253 e. The molecule has 0 radical (unpaired) electrons. The molecule has 0 atom stereocenters. The van der Waals surface area contributed by atoms with Crippen molar-refractivity contribution < 1.29 is 17.9 Å². The summed E-state index contributed by atoms with van der Waals surface area (Å²) in [6.45, 7) is 1.12. The van der Waals surface area contributed by atoms with Gasteiger partial charge in [0.15, 0.2) is 12.4 Å². The van der Waals surface area contributed by atoms with Crippen molar-refractivity contribution in [2.24, 2.45) is 0 Å². The number of benzene rings is 3. The number of sulfonamides is 1. The number of piperazine rings is 1. The number of aromatic nitrogens is 1. The van der Waals surface area contributed by atoms with Crippen molar-refractivity contribution in [3.05, 3.63) is 100 Å². The fraction of sp³-hybridized carbons (Fsp3) is 0.154. The number of pyridine rings is 1. The van der Waals surface area contributed by atoms with Crippen LogP contribution in [0.4, 0.5) is 0 Å². The molecule has 1 fully saturated rings. The maximum atomic E-state index is 13.2. The van der Waals surface area contributed by atoms with Crippen molar-refractivity contribution in [3.8, 4) is 11.1 Å². The molecular formula is C26H22BrN3O4S. The Hall–Kier alpha value is -3.27. The van der Waals surface area contributed by atoms with Crippen LogP contribution in [0.2, 0.25) is 0 Å². The highest BCUT2D eigenvalue weighted by Gasteiger charge is 2.30. The highest BCUT2D eigenvalue weighted by atomic mass is 79.9. The van der Waals surface area contributed by atoms with E-state index >= 15 is 0 Å². The molecule has 1 aromatic heterocycles. The lowest BCUT2D eigenvalue weighted by molar-refractivity contribution is -0.605. The van der Waals surface area contributed by atoms with Crippen LogP contribution in [0.15, 0.2) is 94.6 Å². The Morgan fingerprint density at radius 2 is 1.40 bits per heavy atom. The van der Waals surface area contributed by atoms with E-state index in [0.29, 0.717) is 18.7 Å². The van der Waals surface area contributed by atoms with E-state index in [1.807, 2.05) is 36.4 Å². The first kappa shape index (κ1) is 23.5. The Morgan fingerprint density at radius 3 is 2.09 bits per heavy atom. The summed E-state index contributed by atoms with van der Waals surface area (Å²) in [5, 5.41) is 13.0. The molecule has 7 nitrogen and oxygen atoms in total. The molecule has 1 aliphatic rings. The number of carbonyl (C=O) groups excluding carboxylic acids is 1. The Morgan fingerprint density at radius 1 is 0.800 bits per heavy atom. The first-order valence-electron chi connectivity index (χ1n) is 11.1. The molecule has 0 saturated carbocycles. The minimum atomic E-state index is -3.66. The summed E-state index contributed by atoms with van der Waals surface area (Å²) in [4.78, 5) is 14.9. The Labute approximate surface area is 212 Å². The molecule has 0 aliphatic carbocycles. The highest BCUT2D eigenvalue weighted by Crippen LogP contribution is 2.26. The number of hydrogen-bond acceptors (Lipinski definition) is 4. The maximum absolute atomic E-state index is 13.2. The van der Waals surface area contributed by atoms with Crippen LogP contribution in [0.3, 0.4) is 0 Å². The predicted molar refractivity (Wildman–Crippen MR) is 137 cm³/mol. The molecular weight excluding hydrogens is 530 g/mol. The number of hydrogen-bond donors (Lipinski definition) is 0. The van der Waals surface area contributed by atoms with Gasteiger partial charge in [0.05, 0.1) is 4.90 Å². The summed E-state index contributed by atoms with van der Waals surface area (Å²) < 4.78 is 29.6. The molecule has 1 aliphatic heterocycles. The van der Waals surface area contributed by atoms with Crippen molar-refractivity contribution in [1.29, 1.82) is 0 Å². The van der Waals surface area contributed by atoms with Gasteiger partial charge in [-0.1, -0.05) is 40.2 Å². The van der Waals surface area contributed by atoms with E-state index in [9.17, 15) is 18.4 Å². The minimum absolute atomic E-state index is 0.129. The zero-order valence-corrected chi connectivity index (χ0v) is 21.1. The third-order valence-corrected chi connectivity index (χ3v) is 8.59. The van der Waals surface area contributed by atoms with Crippen LogP contribution in [0.1, 0.15) is 10.4 Å². The van der Waals surface area contributed by atoms with Crippen molar-refractivity contribution in [3.63, 3.8) is 0 Å². The van der Waals surface area contributed by atoms with Crippen LogP contribution >= 0.6 is 15.9 Å². The van der Waals surface area contributed by atoms with Gasteiger partial charge in [0.2, 0.25) is 10.0 Å². The van der Waals surface area contributed by atoms with Gasteiger partial charge in [-0.15, -0.1) is 0 Å². The summed E-state index contributed by atoms with van der Waals surface area (Å²) >= 11 is 3.43. The summed E-state index contributed by atoms with van der Waals surface area (Å²) in [6.07, 6.45) is 2.86. The monoisotopic (exact) mass is 551 g/mol. The van der Waals surface area contributed by atoms with Gasteiger partial charge in [0.1, 0.15) is 0 Å². The van der Waals surface area contributed by atoms with Crippen LogP contribution in [0, 0.1) is 5.21 Å². The molecule has 9 heteroatoms. The summed E-state index contributed by atoms with van der Waals surface area (Å²) in [6, 6.07) is 21.5.